The molecule has 0 spiro atoms. The first-order valence-corrected chi connectivity index (χ1v) is 9.07. The zero-order valence-electron chi connectivity index (χ0n) is 14.8. The second-order valence-corrected chi connectivity index (χ2v) is 6.95. The van der Waals surface area contributed by atoms with Gasteiger partial charge in [-0.25, -0.2) is 0 Å². The third-order valence-electron chi connectivity index (χ3n) is 5.63. The van der Waals surface area contributed by atoms with Gasteiger partial charge in [0.25, 0.3) is 0 Å². The minimum absolute atomic E-state index is 0.271. The maximum atomic E-state index is 10.9. The predicted octanol–water partition coefficient (Wildman–Crippen LogP) is 5.34. The van der Waals surface area contributed by atoms with Gasteiger partial charge in [0.2, 0.25) is 0 Å². The van der Waals surface area contributed by atoms with Gasteiger partial charge in [-0.15, -0.1) is 0 Å². The van der Waals surface area contributed by atoms with Crippen LogP contribution in [0, 0.1) is 0 Å². The van der Waals surface area contributed by atoms with E-state index >= 15 is 0 Å². The summed E-state index contributed by atoms with van der Waals surface area (Å²) in [4.78, 5) is 0. The summed E-state index contributed by atoms with van der Waals surface area (Å²) < 4.78 is 0. The Bertz CT molecular complexity index is 1070. The Morgan fingerprint density at radius 2 is 0.963 bits per heavy atom. The summed E-state index contributed by atoms with van der Waals surface area (Å²) in [7, 11) is 0. The molecule has 5 rings (SSSR count). The molecule has 0 unspecified atom stereocenters. The monoisotopic (exact) mass is 349 g/mol. The average Bonchev–Trinajstić information content (AvgIpc) is 3.00. The molecule has 0 bridgehead atoms. The lowest BCUT2D eigenvalue weighted by molar-refractivity contribution is 0.461. The standard InChI is InChI=1S/C25H19NO/c26-23-15-7-5-13-21(23)25(22-14-6-8-16-24(22)27)19-11-3-1-9-17(19)18-10-2-4-12-20(18)25/h1-16,27H,26H2. The number of hydrogen-bond donors (Lipinski definition) is 2. The summed E-state index contributed by atoms with van der Waals surface area (Å²) in [6.07, 6.45) is 0. The van der Waals surface area contributed by atoms with Gasteiger partial charge in [-0.05, 0) is 39.9 Å². The van der Waals surface area contributed by atoms with Crippen molar-refractivity contribution in [1.82, 2.24) is 0 Å². The molecular weight excluding hydrogens is 330 g/mol. The minimum atomic E-state index is -0.649. The van der Waals surface area contributed by atoms with Crippen LogP contribution in [0.2, 0.25) is 0 Å². The summed E-state index contributed by atoms with van der Waals surface area (Å²) in [6, 6.07) is 32.4. The van der Waals surface area contributed by atoms with Crippen LogP contribution in [-0.2, 0) is 5.41 Å². The fourth-order valence-electron chi connectivity index (χ4n) is 4.59. The molecule has 4 aromatic carbocycles. The van der Waals surface area contributed by atoms with Crippen molar-refractivity contribution in [3.8, 4) is 16.9 Å². The van der Waals surface area contributed by atoms with Gasteiger partial charge in [-0.3, -0.25) is 0 Å². The SMILES string of the molecule is Nc1ccccc1C1(c2ccccc2O)c2ccccc2-c2ccccc21. The Hall–Kier alpha value is -3.52. The molecule has 1 aliphatic carbocycles. The van der Waals surface area contributed by atoms with Crippen LogP contribution in [-0.4, -0.2) is 5.11 Å². The molecule has 2 heteroatoms. The molecule has 1 aliphatic rings. The van der Waals surface area contributed by atoms with Crippen LogP contribution in [0.4, 0.5) is 5.69 Å². The number of hydrogen-bond acceptors (Lipinski definition) is 2. The van der Waals surface area contributed by atoms with Crippen LogP contribution in [0.25, 0.3) is 11.1 Å². The van der Waals surface area contributed by atoms with E-state index in [1.807, 2.05) is 36.4 Å². The molecule has 0 radical (unpaired) electrons. The van der Waals surface area contributed by atoms with Gasteiger partial charge < -0.3 is 10.8 Å². The van der Waals surface area contributed by atoms with Crippen molar-refractivity contribution < 1.29 is 5.11 Å². The highest BCUT2D eigenvalue weighted by molar-refractivity contribution is 5.88. The third-order valence-corrected chi connectivity index (χ3v) is 5.63. The van der Waals surface area contributed by atoms with E-state index in [4.69, 9.17) is 5.73 Å². The van der Waals surface area contributed by atoms with E-state index in [0.29, 0.717) is 5.69 Å². The number of phenolic OH excluding ortho intramolecular Hbond substituents is 1. The molecule has 0 fully saturated rings. The van der Waals surface area contributed by atoms with E-state index in [1.54, 1.807) is 6.07 Å². The molecule has 0 aliphatic heterocycles. The molecule has 3 N–H and O–H groups in total. The zero-order chi connectivity index (χ0) is 18.4. The predicted molar refractivity (Wildman–Crippen MR) is 110 cm³/mol. The second-order valence-electron chi connectivity index (χ2n) is 6.95. The fraction of sp³-hybridized carbons (Fsp3) is 0.0400. The van der Waals surface area contributed by atoms with Crippen molar-refractivity contribution in [2.75, 3.05) is 5.73 Å². The van der Waals surface area contributed by atoms with E-state index in [2.05, 4.69) is 54.6 Å². The molecule has 0 saturated heterocycles. The normalized spacial score (nSPS) is 13.8. The molecule has 0 aromatic heterocycles. The van der Waals surface area contributed by atoms with E-state index in [0.717, 1.165) is 22.3 Å². The first-order chi connectivity index (χ1) is 13.2. The Morgan fingerprint density at radius 3 is 1.52 bits per heavy atom. The Kier molecular flexibility index (Phi) is 3.34. The number of rotatable bonds is 2. The van der Waals surface area contributed by atoms with Crippen LogP contribution in [0.1, 0.15) is 22.3 Å². The Balaban J connectivity index is 2.03. The Labute approximate surface area is 158 Å². The number of aromatic hydroxyl groups is 1. The number of nitrogen functional groups attached to an aromatic ring is 1. The van der Waals surface area contributed by atoms with Gasteiger partial charge in [0.15, 0.2) is 0 Å². The molecule has 0 amide bonds. The van der Waals surface area contributed by atoms with E-state index < -0.39 is 5.41 Å². The van der Waals surface area contributed by atoms with E-state index in [9.17, 15) is 5.11 Å². The first kappa shape index (κ1) is 15.7. The molecule has 0 atom stereocenters. The highest BCUT2D eigenvalue weighted by Gasteiger charge is 2.47. The molecular formula is C25H19NO. The summed E-state index contributed by atoms with van der Waals surface area (Å²) in [6.45, 7) is 0. The van der Waals surface area contributed by atoms with Crippen molar-refractivity contribution in [3.05, 3.63) is 119 Å². The van der Waals surface area contributed by atoms with Gasteiger partial charge in [0, 0.05) is 11.3 Å². The molecule has 130 valence electrons. The average molecular weight is 349 g/mol. The molecule has 4 aromatic rings. The van der Waals surface area contributed by atoms with E-state index in [1.165, 1.54) is 11.1 Å². The van der Waals surface area contributed by atoms with E-state index in [-0.39, 0.29) is 5.75 Å². The largest absolute Gasteiger partial charge is 0.508 e. The highest BCUT2D eigenvalue weighted by Crippen LogP contribution is 2.58. The number of anilines is 1. The summed E-state index contributed by atoms with van der Waals surface area (Å²) in [5.41, 5.74) is 13.1. The third kappa shape index (κ3) is 2.01. The lowest BCUT2D eigenvalue weighted by atomic mass is 9.67. The Morgan fingerprint density at radius 1 is 0.519 bits per heavy atom. The molecule has 0 heterocycles. The van der Waals surface area contributed by atoms with Crippen molar-refractivity contribution in [1.29, 1.82) is 0 Å². The van der Waals surface area contributed by atoms with Gasteiger partial charge in [-0.2, -0.15) is 0 Å². The fourth-order valence-corrected chi connectivity index (χ4v) is 4.59. The van der Waals surface area contributed by atoms with Gasteiger partial charge in [-0.1, -0.05) is 84.9 Å². The summed E-state index contributed by atoms with van der Waals surface area (Å²) in [5, 5.41) is 10.9. The maximum absolute atomic E-state index is 10.9. The molecule has 2 nitrogen and oxygen atoms in total. The number of phenols is 1. The van der Waals surface area contributed by atoms with Gasteiger partial charge >= 0.3 is 0 Å². The summed E-state index contributed by atoms with van der Waals surface area (Å²) >= 11 is 0. The maximum Gasteiger partial charge on any atom is 0.120 e. The number of benzene rings is 4. The molecule has 27 heavy (non-hydrogen) atoms. The summed E-state index contributed by atoms with van der Waals surface area (Å²) in [5.74, 6) is 0.271. The number of fused-ring (bicyclic) bond motifs is 3. The lowest BCUT2D eigenvalue weighted by Crippen LogP contribution is -2.29. The minimum Gasteiger partial charge on any atom is -0.508 e. The molecule has 0 saturated carbocycles. The van der Waals surface area contributed by atoms with Gasteiger partial charge in [0.05, 0.1) is 5.41 Å². The second kappa shape index (κ2) is 5.75. The van der Waals surface area contributed by atoms with Crippen molar-refractivity contribution in [3.63, 3.8) is 0 Å². The van der Waals surface area contributed by atoms with Crippen molar-refractivity contribution in [2.45, 2.75) is 5.41 Å². The van der Waals surface area contributed by atoms with Crippen LogP contribution in [0.15, 0.2) is 97.1 Å². The number of para-hydroxylation sites is 2. The van der Waals surface area contributed by atoms with Crippen molar-refractivity contribution >= 4 is 5.69 Å². The first-order valence-electron chi connectivity index (χ1n) is 9.07. The van der Waals surface area contributed by atoms with Crippen LogP contribution < -0.4 is 5.73 Å². The van der Waals surface area contributed by atoms with Crippen LogP contribution in [0.5, 0.6) is 5.75 Å². The van der Waals surface area contributed by atoms with Gasteiger partial charge in [0.1, 0.15) is 5.75 Å². The van der Waals surface area contributed by atoms with Crippen LogP contribution >= 0.6 is 0 Å². The quantitative estimate of drug-likeness (QED) is 0.423. The zero-order valence-corrected chi connectivity index (χ0v) is 14.8. The number of nitrogens with two attached hydrogens (primary N) is 1. The topological polar surface area (TPSA) is 46.2 Å². The smallest absolute Gasteiger partial charge is 0.120 e. The lowest BCUT2D eigenvalue weighted by Gasteiger charge is -2.35. The van der Waals surface area contributed by atoms with Crippen LogP contribution in [0.3, 0.4) is 0 Å². The highest BCUT2D eigenvalue weighted by atomic mass is 16.3. The van der Waals surface area contributed by atoms with Crippen molar-refractivity contribution in [2.24, 2.45) is 0 Å².